The molecule has 7 atom stereocenters. The van der Waals surface area contributed by atoms with Crippen molar-refractivity contribution < 1.29 is 15.3 Å². The Labute approximate surface area is 203 Å². The Kier molecular flexibility index (Phi) is 8.00. The summed E-state index contributed by atoms with van der Waals surface area (Å²) >= 11 is 1.65. The molecule has 0 amide bonds. The van der Waals surface area contributed by atoms with Crippen LogP contribution < -0.4 is 0 Å². The Morgan fingerprint density at radius 3 is 2.82 bits per heavy atom. The molecular weight excluding hydrogens is 428 g/mol. The van der Waals surface area contributed by atoms with E-state index in [-0.39, 0.29) is 6.10 Å². The standard InChI is InChI=1S/C29H42O3S/c1-19(7-4-9-26(31)28-10-6-16-33-28)24-13-14-25-21(8-5-15-29(24,25)3)11-12-22-17-23(30)18-27(32)20(22)2/h6,10-12,16,19,23-27,30-32H,2,4-5,7-9,13-15,17-18H2,1,3H3/b21-11+,22-12-/t19-,23-,24-,25+,26-,27+,29-/m1/s1. The summed E-state index contributed by atoms with van der Waals surface area (Å²) in [5, 5.41) is 32.7. The van der Waals surface area contributed by atoms with Crippen molar-refractivity contribution in [3.05, 3.63) is 57.8 Å². The van der Waals surface area contributed by atoms with Crippen molar-refractivity contribution in [3.63, 3.8) is 0 Å². The van der Waals surface area contributed by atoms with Crippen LogP contribution >= 0.6 is 11.3 Å². The van der Waals surface area contributed by atoms with Crippen molar-refractivity contribution >= 4 is 11.3 Å². The van der Waals surface area contributed by atoms with Crippen LogP contribution in [0.5, 0.6) is 0 Å². The van der Waals surface area contributed by atoms with Gasteiger partial charge in [-0.25, -0.2) is 0 Å². The molecule has 3 fully saturated rings. The van der Waals surface area contributed by atoms with E-state index in [0.717, 1.165) is 41.2 Å². The third-order valence-electron chi connectivity index (χ3n) is 9.00. The van der Waals surface area contributed by atoms with Crippen molar-refractivity contribution in [1.29, 1.82) is 0 Å². The van der Waals surface area contributed by atoms with Crippen molar-refractivity contribution in [2.75, 3.05) is 0 Å². The zero-order valence-electron chi connectivity index (χ0n) is 20.4. The Morgan fingerprint density at radius 2 is 2.06 bits per heavy atom. The van der Waals surface area contributed by atoms with Gasteiger partial charge in [-0.3, -0.25) is 0 Å². The smallest absolute Gasteiger partial charge is 0.0882 e. The van der Waals surface area contributed by atoms with Gasteiger partial charge in [0.15, 0.2) is 0 Å². The molecule has 3 saturated carbocycles. The summed E-state index contributed by atoms with van der Waals surface area (Å²) < 4.78 is 0. The first-order chi connectivity index (χ1) is 15.8. The van der Waals surface area contributed by atoms with E-state index in [1.807, 2.05) is 17.5 Å². The minimum Gasteiger partial charge on any atom is -0.393 e. The third-order valence-corrected chi connectivity index (χ3v) is 9.97. The van der Waals surface area contributed by atoms with Crippen LogP contribution in [-0.2, 0) is 0 Å². The lowest BCUT2D eigenvalue weighted by Crippen LogP contribution is -2.36. The summed E-state index contributed by atoms with van der Waals surface area (Å²) in [6.07, 6.45) is 13.4. The lowest BCUT2D eigenvalue weighted by atomic mass is 9.60. The fraction of sp³-hybridized carbons (Fsp3) is 0.655. The quantitative estimate of drug-likeness (QED) is 0.414. The van der Waals surface area contributed by atoms with Crippen molar-refractivity contribution in [2.45, 2.75) is 96.4 Å². The number of rotatable bonds is 7. The van der Waals surface area contributed by atoms with E-state index in [9.17, 15) is 15.3 Å². The highest BCUT2D eigenvalue weighted by Crippen LogP contribution is 2.60. The van der Waals surface area contributed by atoms with Crippen LogP contribution in [0.4, 0.5) is 0 Å². The van der Waals surface area contributed by atoms with Gasteiger partial charge in [-0.05, 0) is 90.7 Å². The molecule has 4 rings (SSSR count). The molecule has 0 saturated heterocycles. The topological polar surface area (TPSA) is 60.7 Å². The van der Waals surface area contributed by atoms with Crippen molar-refractivity contribution in [3.8, 4) is 0 Å². The van der Waals surface area contributed by atoms with Crippen LogP contribution in [-0.4, -0.2) is 27.5 Å². The van der Waals surface area contributed by atoms with Crippen molar-refractivity contribution in [2.24, 2.45) is 23.2 Å². The van der Waals surface area contributed by atoms with Crippen LogP contribution in [0.2, 0.25) is 0 Å². The number of allylic oxidation sites excluding steroid dienone is 3. The number of aliphatic hydroxyl groups is 3. The van der Waals surface area contributed by atoms with Gasteiger partial charge >= 0.3 is 0 Å². The van der Waals surface area contributed by atoms with Crippen molar-refractivity contribution in [1.82, 2.24) is 0 Å². The van der Waals surface area contributed by atoms with E-state index in [2.05, 4.69) is 32.6 Å². The maximum atomic E-state index is 10.4. The van der Waals surface area contributed by atoms with Crippen LogP contribution in [0.3, 0.4) is 0 Å². The normalized spacial score (nSPS) is 36.8. The minimum atomic E-state index is -0.620. The highest BCUT2D eigenvalue weighted by atomic mass is 32.1. The zero-order valence-corrected chi connectivity index (χ0v) is 21.2. The van der Waals surface area contributed by atoms with E-state index in [1.54, 1.807) is 16.9 Å². The molecule has 0 radical (unpaired) electrons. The minimum absolute atomic E-state index is 0.312. The number of fused-ring (bicyclic) bond motifs is 1. The summed E-state index contributed by atoms with van der Waals surface area (Å²) in [5.41, 5.74) is 3.70. The van der Waals surface area contributed by atoms with Crippen LogP contribution in [0.1, 0.15) is 89.0 Å². The molecule has 0 spiro atoms. The van der Waals surface area contributed by atoms with Gasteiger partial charge in [0.1, 0.15) is 0 Å². The molecule has 0 bridgehead atoms. The van der Waals surface area contributed by atoms with Crippen LogP contribution in [0.15, 0.2) is 53.0 Å². The monoisotopic (exact) mass is 470 g/mol. The summed E-state index contributed by atoms with van der Waals surface area (Å²) in [6, 6.07) is 4.06. The first kappa shape index (κ1) is 24.9. The first-order valence-electron chi connectivity index (χ1n) is 13.0. The number of hydrogen-bond donors (Lipinski definition) is 3. The van der Waals surface area contributed by atoms with Gasteiger partial charge in [0.25, 0.3) is 0 Å². The molecule has 33 heavy (non-hydrogen) atoms. The number of aliphatic hydroxyl groups excluding tert-OH is 3. The van der Waals surface area contributed by atoms with Gasteiger partial charge in [-0.15, -0.1) is 11.3 Å². The Hall–Kier alpha value is -1.20. The molecule has 1 aromatic heterocycles. The van der Waals surface area contributed by atoms with Gasteiger partial charge in [-0.2, -0.15) is 0 Å². The van der Waals surface area contributed by atoms with Crippen LogP contribution in [0, 0.1) is 23.2 Å². The fourth-order valence-electron chi connectivity index (χ4n) is 7.14. The Morgan fingerprint density at radius 1 is 1.24 bits per heavy atom. The summed E-state index contributed by atoms with van der Waals surface area (Å²) in [5.74, 6) is 2.06. The van der Waals surface area contributed by atoms with E-state index in [4.69, 9.17) is 0 Å². The fourth-order valence-corrected chi connectivity index (χ4v) is 7.88. The van der Waals surface area contributed by atoms with E-state index in [1.165, 1.54) is 32.1 Å². The van der Waals surface area contributed by atoms with Gasteiger partial charge in [0.2, 0.25) is 0 Å². The second-order valence-corrected chi connectivity index (χ2v) is 12.1. The first-order valence-corrected chi connectivity index (χ1v) is 13.8. The second-order valence-electron chi connectivity index (χ2n) is 11.1. The van der Waals surface area contributed by atoms with E-state index >= 15 is 0 Å². The Balaban J connectivity index is 1.39. The maximum Gasteiger partial charge on any atom is 0.0882 e. The highest BCUT2D eigenvalue weighted by Gasteiger charge is 2.50. The Bertz CT molecular complexity index is 869. The molecule has 3 aliphatic rings. The van der Waals surface area contributed by atoms with Gasteiger partial charge in [-0.1, -0.05) is 57.1 Å². The number of thiophene rings is 1. The predicted octanol–water partition coefficient (Wildman–Crippen LogP) is 6.73. The lowest BCUT2D eigenvalue weighted by molar-refractivity contribution is 0.0860. The lowest BCUT2D eigenvalue weighted by Gasteiger charge is -2.44. The molecule has 0 aromatic carbocycles. The van der Waals surface area contributed by atoms with E-state index < -0.39 is 12.2 Å². The molecule has 1 heterocycles. The SMILES string of the molecule is C=C1/C(=C\C=C2/CCC[C@]3(C)[C@@H]([C@H](C)CCC[C@@H](O)c4cccs4)CC[C@@H]23)C[C@@H](O)C[C@@H]1O. The third kappa shape index (κ3) is 5.40. The van der Waals surface area contributed by atoms with Gasteiger partial charge in [0.05, 0.1) is 18.3 Å². The summed E-state index contributed by atoms with van der Waals surface area (Å²) in [7, 11) is 0. The van der Waals surface area contributed by atoms with E-state index in [0.29, 0.717) is 30.1 Å². The summed E-state index contributed by atoms with van der Waals surface area (Å²) in [4.78, 5) is 1.09. The largest absolute Gasteiger partial charge is 0.393 e. The molecule has 0 aliphatic heterocycles. The average molecular weight is 471 g/mol. The second kappa shape index (κ2) is 10.6. The molecule has 1 aromatic rings. The number of hydrogen-bond acceptors (Lipinski definition) is 4. The highest BCUT2D eigenvalue weighted by molar-refractivity contribution is 7.10. The average Bonchev–Trinajstić information content (AvgIpc) is 3.43. The molecule has 4 heteroatoms. The molecule has 182 valence electrons. The van der Waals surface area contributed by atoms with Gasteiger partial charge < -0.3 is 15.3 Å². The molecule has 3 aliphatic carbocycles. The molecular formula is C29H42O3S. The molecule has 3 N–H and O–H groups in total. The van der Waals surface area contributed by atoms with Crippen LogP contribution in [0.25, 0.3) is 0 Å². The maximum absolute atomic E-state index is 10.4. The molecule has 0 unspecified atom stereocenters. The predicted molar refractivity (Wildman–Crippen MR) is 137 cm³/mol. The van der Waals surface area contributed by atoms with Gasteiger partial charge in [0, 0.05) is 11.3 Å². The zero-order chi connectivity index (χ0) is 23.6. The molecule has 3 nitrogen and oxygen atoms in total. The summed E-state index contributed by atoms with van der Waals surface area (Å²) in [6.45, 7) is 9.03.